The van der Waals surface area contributed by atoms with Gasteiger partial charge in [0.25, 0.3) is 0 Å². The van der Waals surface area contributed by atoms with Crippen molar-refractivity contribution in [2.75, 3.05) is 0 Å². The van der Waals surface area contributed by atoms with Crippen LogP contribution in [0.4, 0.5) is 0 Å². The van der Waals surface area contributed by atoms with E-state index >= 15 is 0 Å². The molecule has 0 amide bonds. The molecule has 0 spiro atoms. The first kappa shape index (κ1) is 16.1. The summed E-state index contributed by atoms with van der Waals surface area (Å²) in [5, 5.41) is 11.5. The number of fused-ring (bicyclic) bond motifs is 1. The average molecular weight is 303 g/mol. The Hall–Kier alpha value is -2.30. The number of rotatable bonds is 5. The van der Waals surface area contributed by atoms with Crippen molar-refractivity contribution in [1.82, 2.24) is 0 Å². The Kier molecular flexibility index (Phi) is 4.54. The van der Waals surface area contributed by atoms with Crippen molar-refractivity contribution >= 4 is 16.9 Å². The second-order valence-electron chi connectivity index (χ2n) is 5.83. The van der Waals surface area contributed by atoms with Crippen LogP contribution in [0.25, 0.3) is 11.0 Å². The zero-order chi connectivity index (χ0) is 16.4. The number of aryl methyl sites for hydroxylation is 1. The third-order valence-corrected chi connectivity index (χ3v) is 3.52. The minimum absolute atomic E-state index is 0.323. The zero-order valence-electron chi connectivity index (χ0n) is 13.1. The molecule has 1 atom stereocenters. The van der Waals surface area contributed by atoms with Gasteiger partial charge in [0, 0.05) is 17.0 Å². The highest BCUT2D eigenvalue weighted by molar-refractivity contribution is 5.82. The minimum Gasteiger partial charge on any atom is -0.546 e. The van der Waals surface area contributed by atoms with E-state index in [1.165, 1.54) is 13.0 Å². The summed E-state index contributed by atoms with van der Waals surface area (Å²) in [6, 6.07) is 4.96. The van der Waals surface area contributed by atoms with Crippen LogP contribution >= 0.6 is 0 Å². The average Bonchev–Trinajstić information content (AvgIpc) is 2.42. The summed E-state index contributed by atoms with van der Waals surface area (Å²) in [5.41, 5.74) is 1.60. The molecule has 0 N–H and O–H groups in total. The van der Waals surface area contributed by atoms with Gasteiger partial charge in [-0.25, -0.2) is 4.79 Å². The molecular formula is C17H19O5-. The van der Waals surface area contributed by atoms with Gasteiger partial charge in [-0.15, -0.1) is 0 Å². The monoisotopic (exact) mass is 303 g/mol. The van der Waals surface area contributed by atoms with Crippen molar-refractivity contribution in [3.8, 4) is 5.75 Å². The highest BCUT2D eigenvalue weighted by atomic mass is 16.5. The van der Waals surface area contributed by atoms with Crippen molar-refractivity contribution in [3.05, 3.63) is 39.7 Å². The Balaban J connectivity index is 2.47. The maximum absolute atomic E-state index is 12.1. The molecule has 0 fully saturated rings. The summed E-state index contributed by atoms with van der Waals surface area (Å²) < 4.78 is 10.6. The van der Waals surface area contributed by atoms with Gasteiger partial charge in [-0.05, 0) is 43.9 Å². The third-order valence-electron chi connectivity index (χ3n) is 3.52. The van der Waals surface area contributed by atoms with Gasteiger partial charge < -0.3 is 19.1 Å². The standard InChI is InChI=1S/C17H20O5/c1-9(2)7-14-10(3)13-6-5-12(21-11(4)16(18)19)8-15(13)22-17(14)20/h5-6,8-9,11H,7H2,1-4H3,(H,18,19)/p-1/t11-/m0/s1. The largest absolute Gasteiger partial charge is 0.546 e. The molecule has 0 bridgehead atoms. The fourth-order valence-electron chi connectivity index (χ4n) is 2.34. The van der Waals surface area contributed by atoms with E-state index in [1.807, 2.05) is 20.8 Å². The van der Waals surface area contributed by atoms with Gasteiger partial charge in [0.1, 0.15) is 17.4 Å². The second kappa shape index (κ2) is 6.22. The molecule has 2 aromatic rings. The second-order valence-corrected chi connectivity index (χ2v) is 5.83. The number of hydrogen-bond acceptors (Lipinski definition) is 5. The van der Waals surface area contributed by atoms with Gasteiger partial charge in [0.15, 0.2) is 0 Å². The first-order valence-electron chi connectivity index (χ1n) is 7.23. The van der Waals surface area contributed by atoms with Crippen LogP contribution < -0.4 is 15.5 Å². The Labute approximate surface area is 128 Å². The van der Waals surface area contributed by atoms with Crippen molar-refractivity contribution in [2.45, 2.75) is 40.2 Å². The molecule has 118 valence electrons. The summed E-state index contributed by atoms with van der Waals surface area (Å²) in [6.45, 7) is 7.36. The molecule has 2 rings (SSSR count). The molecular weight excluding hydrogens is 284 g/mol. The van der Waals surface area contributed by atoms with E-state index in [0.29, 0.717) is 29.2 Å². The molecule has 0 aliphatic rings. The van der Waals surface area contributed by atoms with E-state index in [9.17, 15) is 14.7 Å². The minimum atomic E-state index is -1.30. The fourth-order valence-corrected chi connectivity index (χ4v) is 2.34. The molecule has 1 heterocycles. The van der Waals surface area contributed by atoms with E-state index in [2.05, 4.69) is 0 Å². The highest BCUT2D eigenvalue weighted by Gasteiger charge is 2.14. The molecule has 0 saturated carbocycles. The fraction of sp³-hybridized carbons (Fsp3) is 0.412. The number of carbonyl (C=O) groups is 1. The van der Waals surface area contributed by atoms with Gasteiger partial charge in [0.2, 0.25) is 0 Å². The third kappa shape index (κ3) is 3.30. The van der Waals surface area contributed by atoms with Crippen LogP contribution in [0.2, 0.25) is 0 Å². The molecule has 0 aliphatic carbocycles. The quantitative estimate of drug-likeness (QED) is 0.787. The molecule has 5 heteroatoms. The number of benzene rings is 1. The predicted molar refractivity (Wildman–Crippen MR) is 80.9 cm³/mol. The van der Waals surface area contributed by atoms with E-state index in [0.717, 1.165) is 10.9 Å². The van der Waals surface area contributed by atoms with E-state index in [1.54, 1.807) is 12.1 Å². The number of aliphatic carboxylic acids is 1. The SMILES string of the molecule is Cc1c(CC(C)C)c(=O)oc2cc(O[C@@H](C)C(=O)[O-])ccc12. The van der Waals surface area contributed by atoms with Crippen LogP contribution in [0.1, 0.15) is 31.9 Å². The predicted octanol–water partition coefficient (Wildman–Crippen LogP) is 1.82. The van der Waals surface area contributed by atoms with Gasteiger partial charge >= 0.3 is 5.63 Å². The Morgan fingerprint density at radius 3 is 2.59 bits per heavy atom. The lowest BCUT2D eigenvalue weighted by Crippen LogP contribution is -2.37. The molecule has 0 saturated heterocycles. The van der Waals surface area contributed by atoms with Gasteiger partial charge in [-0.2, -0.15) is 0 Å². The summed E-state index contributed by atoms with van der Waals surface area (Å²) in [4.78, 5) is 22.8. The van der Waals surface area contributed by atoms with Gasteiger partial charge in [-0.1, -0.05) is 13.8 Å². The van der Waals surface area contributed by atoms with Crippen molar-refractivity contribution < 1.29 is 19.1 Å². The van der Waals surface area contributed by atoms with Crippen molar-refractivity contribution in [2.24, 2.45) is 5.92 Å². The molecule has 22 heavy (non-hydrogen) atoms. The maximum atomic E-state index is 12.1. The topological polar surface area (TPSA) is 79.6 Å². The highest BCUT2D eigenvalue weighted by Crippen LogP contribution is 2.25. The summed E-state index contributed by atoms with van der Waals surface area (Å²) in [7, 11) is 0. The first-order valence-corrected chi connectivity index (χ1v) is 7.23. The number of hydrogen-bond donors (Lipinski definition) is 0. The summed E-state index contributed by atoms with van der Waals surface area (Å²) in [5.74, 6) is -0.626. The van der Waals surface area contributed by atoms with Crippen molar-refractivity contribution in [1.29, 1.82) is 0 Å². The summed E-state index contributed by atoms with van der Waals surface area (Å²) in [6.07, 6.45) is -0.421. The number of carboxylic acids is 1. The normalized spacial score (nSPS) is 12.6. The van der Waals surface area contributed by atoms with Gasteiger partial charge in [0.05, 0.1) is 5.97 Å². The maximum Gasteiger partial charge on any atom is 0.339 e. The van der Waals surface area contributed by atoms with Crippen LogP contribution in [-0.2, 0) is 11.2 Å². The molecule has 0 unspecified atom stereocenters. The van der Waals surface area contributed by atoms with Crippen molar-refractivity contribution in [3.63, 3.8) is 0 Å². The van der Waals surface area contributed by atoms with E-state index < -0.39 is 12.1 Å². The van der Waals surface area contributed by atoms with Crippen LogP contribution in [-0.4, -0.2) is 12.1 Å². The molecule has 0 aliphatic heterocycles. The Morgan fingerprint density at radius 1 is 1.32 bits per heavy atom. The van der Waals surface area contributed by atoms with Gasteiger partial charge in [-0.3, -0.25) is 0 Å². The van der Waals surface area contributed by atoms with Crippen LogP contribution in [0.5, 0.6) is 5.75 Å². The van der Waals surface area contributed by atoms with Crippen LogP contribution in [0.15, 0.2) is 27.4 Å². The lowest BCUT2D eigenvalue weighted by Gasteiger charge is -2.16. The van der Waals surface area contributed by atoms with E-state index in [4.69, 9.17) is 9.15 Å². The number of carboxylic acid groups (broad SMARTS) is 1. The van der Waals surface area contributed by atoms with E-state index in [-0.39, 0.29) is 5.63 Å². The molecule has 1 aromatic carbocycles. The molecule has 0 radical (unpaired) electrons. The lowest BCUT2D eigenvalue weighted by molar-refractivity contribution is -0.312. The zero-order valence-corrected chi connectivity index (χ0v) is 13.1. The first-order chi connectivity index (χ1) is 10.3. The molecule has 5 nitrogen and oxygen atoms in total. The smallest absolute Gasteiger partial charge is 0.339 e. The molecule has 1 aromatic heterocycles. The number of carbonyl (C=O) groups excluding carboxylic acids is 1. The van der Waals surface area contributed by atoms with Crippen LogP contribution in [0.3, 0.4) is 0 Å². The Bertz CT molecular complexity index is 757. The Morgan fingerprint density at radius 2 is 2.00 bits per heavy atom. The number of ether oxygens (including phenoxy) is 1. The lowest BCUT2D eigenvalue weighted by atomic mass is 9.98. The summed E-state index contributed by atoms with van der Waals surface area (Å²) >= 11 is 0. The van der Waals surface area contributed by atoms with Crippen LogP contribution in [0, 0.1) is 12.8 Å².